The third-order valence-electron chi connectivity index (χ3n) is 4.24. The minimum Gasteiger partial charge on any atom is -0.494 e. The van der Waals surface area contributed by atoms with Gasteiger partial charge in [-0.25, -0.2) is 0 Å². The van der Waals surface area contributed by atoms with Crippen LogP contribution in [-0.4, -0.2) is 42.9 Å². The van der Waals surface area contributed by atoms with Crippen molar-refractivity contribution in [3.63, 3.8) is 0 Å². The van der Waals surface area contributed by atoms with Crippen molar-refractivity contribution in [3.8, 4) is 5.75 Å². The van der Waals surface area contributed by atoms with Gasteiger partial charge in [-0.3, -0.25) is 4.99 Å². The van der Waals surface area contributed by atoms with Crippen LogP contribution in [0.2, 0.25) is 0 Å². The van der Waals surface area contributed by atoms with Crippen molar-refractivity contribution in [2.75, 3.05) is 19.7 Å². The molecule has 3 N–H and O–H groups in total. The number of hydrogen-bond donors (Lipinski definition) is 3. The van der Waals surface area contributed by atoms with E-state index in [0.29, 0.717) is 12.6 Å². The van der Waals surface area contributed by atoms with Crippen LogP contribution in [0.4, 0.5) is 0 Å². The summed E-state index contributed by atoms with van der Waals surface area (Å²) in [5.74, 6) is 1.78. The molecule has 0 bridgehead atoms. The van der Waals surface area contributed by atoms with Crippen LogP contribution in [0, 0.1) is 6.92 Å². The minimum atomic E-state index is -0.124. The van der Waals surface area contributed by atoms with Gasteiger partial charge >= 0.3 is 0 Å². The maximum absolute atomic E-state index is 9.59. The fourth-order valence-corrected chi connectivity index (χ4v) is 2.81. The second-order valence-corrected chi connectivity index (χ2v) is 6.43. The van der Waals surface area contributed by atoms with Gasteiger partial charge < -0.3 is 20.5 Å². The summed E-state index contributed by atoms with van der Waals surface area (Å²) in [7, 11) is 0. The summed E-state index contributed by atoms with van der Waals surface area (Å²) in [5, 5.41) is 16.4. The van der Waals surface area contributed by atoms with Crippen LogP contribution < -0.4 is 15.4 Å². The molecule has 0 aliphatic heterocycles. The summed E-state index contributed by atoms with van der Waals surface area (Å²) in [6.45, 7) is 6.39. The highest BCUT2D eigenvalue weighted by Crippen LogP contribution is 2.18. The standard InChI is InChI=1S/C19H31N3O2/c1-3-20-19(22-16-7-9-17(23)10-8-16)21-13-4-14-24-18-11-5-15(2)6-12-18/h5-6,11-12,16-17,23H,3-4,7-10,13-14H2,1-2H3,(H2,20,21,22). The van der Waals surface area contributed by atoms with E-state index in [-0.39, 0.29) is 6.10 Å². The van der Waals surface area contributed by atoms with E-state index in [0.717, 1.165) is 56.9 Å². The van der Waals surface area contributed by atoms with Gasteiger partial charge in [0.2, 0.25) is 0 Å². The Morgan fingerprint density at radius 2 is 1.92 bits per heavy atom. The molecule has 0 aromatic heterocycles. The summed E-state index contributed by atoms with van der Waals surface area (Å²) in [5.41, 5.74) is 1.24. The first-order chi connectivity index (χ1) is 11.7. The van der Waals surface area contributed by atoms with Crippen molar-refractivity contribution in [3.05, 3.63) is 29.8 Å². The average Bonchev–Trinajstić information content (AvgIpc) is 2.58. The Hall–Kier alpha value is -1.75. The van der Waals surface area contributed by atoms with Crippen LogP contribution in [0.15, 0.2) is 29.3 Å². The number of benzene rings is 1. The first-order valence-corrected chi connectivity index (χ1v) is 9.09. The Labute approximate surface area is 145 Å². The van der Waals surface area contributed by atoms with E-state index >= 15 is 0 Å². The Kier molecular flexibility index (Phi) is 7.89. The van der Waals surface area contributed by atoms with Gasteiger partial charge in [-0.05, 0) is 51.7 Å². The van der Waals surface area contributed by atoms with Gasteiger partial charge in [-0.15, -0.1) is 0 Å². The number of aliphatic hydroxyl groups is 1. The molecule has 1 aliphatic carbocycles. The molecule has 1 aromatic rings. The quantitative estimate of drug-likeness (QED) is 0.408. The van der Waals surface area contributed by atoms with E-state index in [1.54, 1.807) is 0 Å². The highest BCUT2D eigenvalue weighted by Gasteiger charge is 2.19. The van der Waals surface area contributed by atoms with Crippen LogP contribution in [0.1, 0.15) is 44.6 Å². The number of aryl methyl sites for hydroxylation is 1. The van der Waals surface area contributed by atoms with Crippen LogP contribution >= 0.6 is 0 Å². The fraction of sp³-hybridized carbons (Fsp3) is 0.632. The van der Waals surface area contributed by atoms with Crippen molar-refractivity contribution >= 4 is 5.96 Å². The minimum absolute atomic E-state index is 0.124. The third-order valence-corrected chi connectivity index (χ3v) is 4.24. The van der Waals surface area contributed by atoms with Gasteiger partial charge in [0, 0.05) is 25.6 Å². The van der Waals surface area contributed by atoms with E-state index in [9.17, 15) is 5.11 Å². The molecule has 1 aliphatic rings. The van der Waals surface area contributed by atoms with Gasteiger partial charge in [0.15, 0.2) is 5.96 Å². The monoisotopic (exact) mass is 333 g/mol. The zero-order valence-corrected chi connectivity index (χ0v) is 14.9. The molecule has 1 fully saturated rings. The Bertz CT molecular complexity index is 494. The molecule has 134 valence electrons. The smallest absolute Gasteiger partial charge is 0.191 e. The molecule has 0 amide bonds. The van der Waals surface area contributed by atoms with Crippen LogP contribution in [0.5, 0.6) is 5.75 Å². The molecule has 5 heteroatoms. The Morgan fingerprint density at radius 3 is 2.58 bits per heavy atom. The van der Waals surface area contributed by atoms with Crippen LogP contribution in [0.3, 0.4) is 0 Å². The number of hydrogen-bond acceptors (Lipinski definition) is 3. The highest BCUT2D eigenvalue weighted by atomic mass is 16.5. The van der Waals surface area contributed by atoms with E-state index in [4.69, 9.17) is 4.74 Å². The number of nitrogens with zero attached hydrogens (tertiary/aromatic N) is 1. The van der Waals surface area contributed by atoms with Gasteiger partial charge in [0.25, 0.3) is 0 Å². The molecule has 0 atom stereocenters. The van der Waals surface area contributed by atoms with Crippen LogP contribution in [-0.2, 0) is 0 Å². The number of rotatable bonds is 7. The number of ether oxygens (including phenoxy) is 1. The van der Waals surface area contributed by atoms with Crippen molar-refractivity contribution < 1.29 is 9.84 Å². The van der Waals surface area contributed by atoms with Gasteiger partial charge in [0.05, 0.1) is 12.7 Å². The largest absolute Gasteiger partial charge is 0.494 e. The molecular weight excluding hydrogens is 302 g/mol. The molecule has 2 rings (SSSR count). The molecule has 5 nitrogen and oxygen atoms in total. The summed E-state index contributed by atoms with van der Waals surface area (Å²) >= 11 is 0. The molecule has 0 unspecified atom stereocenters. The molecule has 0 spiro atoms. The second-order valence-electron chi connectivity index (χ2n) is 6.43. The SMILES string of the molecule is CCNC(=NCCCOc1ccc(C)cc1)NC1CCC(O)CC1. The summed E-state index contributed by atoms with van der Waals surface area (Å²) in [6, 6.07) is 8.53. The van der Waals surface area contributed by atoms with Gasteiger partial charge in [-0.1, -0.05) is 17.7 Å². The predicted octanol–water partition coefficient (Wildman–Crippen LogP) is 2.62. The van der Waals surface area contributed by atoms with E-state index in [1.807, 2.05) is 12.1 Å². The molecule has 1 saturated carbocycles. The van der Waals surface area contributed by atoms with Gasteiger partial charge in [-0.2, -0.15) is 0 Å². The fourth-order valence-electron chi connectivity index (χ4n) is 2.81. The maximum atomic E-state index is 9.59. The molecule has 0 heterocycles. The number of aliphatic imine (C=N–C) groups is 1. The Morgan fingerprint density at radius 1 is 1.21 bits per heavy atom. The van der Waals surface area contributed by atoms with E-state index < -0.39 is 0 Å². The number of nitrogens with one attached hydrogen (secondary N) is 2. The molecule has 0 radical (unpaired) electrons. The zero-order chi connectivity index (χ0) is 17.2. The molecular formula is C19H31N3O2. The number of guanidine groups is 1. The van der Waals surface area contributed by atoms with Crippen LogP contribution in [0.25, 0.3) is 0 Å². The Balaban J connectivity index is 1.69. The lowest BCUT2D eigenvalue weighted by molar-refractivity contribution is 0.120. The van der Waals surface area contributed by atoms with E-state index in [2.05, 4.69) is 41.6 Å². The first-order valence-electron chi connectivity index (χ1n) is 9.09. The summed E-state index contributed by atoms with van der Waals surface area (Å²) < 4.78 is 5.73. The van der Waals surface area contributed by atoms with E-state index in [1.165, 1.54) is 5.56 Å². The molecule has 1 aromatic carbocycles. The molecule has 0 saturated heterocycles. The summed E-state index contributed by atoms with van der Waals surface area (Å²) in [6.07, 6.45) is 4.52. The maximum Gasteiger partial charge on any atom is 0.191 e. The third kappa shape index (κ3) is 6.79. The first kappa shape index (κ1) is 18.6. The lowest BCUT2D eigenvalue weighted by Gasteiger charge is -2.27. The van der Waals surface area contributed by atoms with Gasteiger partial charge in [0.1, 0.15) is 5.75 Å². The predicted molar refractivity (Wildman–Crippen MR) is 98.7 cm³/mol. The van der Waals surface area contributed by atoms with Crippen molar-refractivity contribution in [1.29, 1.82) is 0 Å². The normalized spacial score (nSPS) is 21.4. The van der Waals surface area contributed by atoms with Crippen molar-refractivity contribution in [1.82, 2.24) is 10.6 Å². The zero-order valence-electron chi connectivity index (χ0n) is 14.9. The summed E-state index contributed by atoms with van der Waals surface area (Å²) in [4.78, 5) is 4.62. The highest BCUT2D eigenvalue weighted by molar-refractivity contribution is 5.80. The molecule has 24 heavy (non-hydrogen) atoms. The topological polar surface area (TPSA) is 65.9 Å². The van der Waals surface area contributed by atoms with Crippen molar-refractivity contribution in [2.24, 2.45) is 4.99 Å². The second kappa shape index (κ2) is 10.2. The lowest BCUT2D eigenvalue weighted by Crippen LogP contribution is -2.45. The lowest BCUT2D eigenvalue weighted by atomic mass is 9.93. The van der Waals surface area contributed by atoms with Crippen molar-refractivity contribution in [2.45, 2.75) is 58.1 Å². The average molecular weight is 333 g/mol. The number of aliphatic hydroxyl groups excluding tert-OH is 1.